The van der Waals surface area contributed by atoms with Crippen LogP contribution in [0.4, 0.5) is 4.79 Å². The zero-order valence-corrected chi connectivity index (χ0v) is 19.3. The number of carbonyl (C=O) groups is 1. The first-order chi connectivity index (χ1) is 13.8. The van der Waals surface area contributed by atoms with E-state index in [9.17, 15) is 9.59 Å². The number of nitrogens with zero attached hydrogens (tertiary/aromatic N) is 4. The van der Waals surface area contributed by atoms with E-state index in [2.05, 4.69) is 41.1 Å². The van der Waals surface area contributed by atoms with Crippen LogP contribution in [0.2, 0.25) is 0 Å². The van der Waals surface area contributed by atoms with Crippen LogP contribution in [0.1, 0.15) is 44.3 Å². The molecule has 1 aliphatic heterocycles. The van der Waals surface area contributed by atoms with E-state index in [1.54, 1.807) is 23.7 Å². The van der Waals surface area contributed by atoms with E-state index in [0.29, 0.717) is 12.6 Å². The number of pyridine rings is 1. The lowest BCUT2D eigenvalue weighted by Gasteiger charge is -2.58. The molecule has 29 heavy (non-hydrogen) atoms. The standard InChI is InChI=1S/C21H27IN4O3/c1-4-5-9-29-20(28)25-12-21(13-25)10-15(11-21)26-14(2)18(22)19(23-26)16-7-6-8-17(27)24(16)3/h6-8,15H,4-5,9-13H2,1-3H3. The van der Waals surface area contributed by atoms with Crippen LogP contribution in [-0.2, 0) is 11.8 Å². The topological polar surface area (TPSA) is 69.4 Å². The maximum absolute atomic E-state index is 12.1. The SMILES string of the molecule is CCCCOC(=O)N1CC2(CC(n3nc(-c4cccc(=O)n4C)c(I)c3C)C2)C1. The molecule has 3 heterocycles. The third kappa shape index (κ3) is 3.60. The van der Waals surface area contributed by atoms with Crippen molar-refractivity contribution < 1.29 is 9.53 Å². The molecule has 1 aliphatic carbocycles. The first-order valence-corrected chi connectivity index (χ1v) is 11.3. The van der Waals surface area contributed by atoms with Crippen molar-refractivity contribution in [1.29, 1.82) is 0 Å². The average Bonchev–Trinajstić information content (AvgIpc) is 2.91. The normalized spacial score (nSPS) is 17.9. The molecule has 2 aliphatic rings. The predicted molar refractivity (Wildman–Crippen MR) is 119 cm³/mol. The Morgan fingerprint density at radius 3 is 2.76 bits per heavy atom. The molecular formula is C21H27IN4O3. The molecule has 4 rings (SSSR count). The van der Waals surface area contributed by atoms with Crippen LogP contribution in [0.15, 0.2) is 23.0 Å². The minimum absolute atomic E-state index is 0.0338. The molecule has 2 aromatic rings. The van der Waals surface area contributed by atoms with Gasteiger partial charge in [0.05, 0.1) is 21.9 Å². The molecule has 0 unspecified atom stereocenters. The molecule has 1 spiro atoms. The number of amides is 1. The van der Waals surface area contributed by atoms with Gasteiger partial charge in [-0.2, -0.15) is 5.10 Å². The molecule has 2 aromatic heterocycles. The Kier molecular flexibility index (Phi) is 5.48. The summed E-state index contributed by atoms with van der Waals surface area (Å²) in [7, 11) is 1.78. The summed E-state index contributed by atoms with van der Waals surface area (Å²) >= 11 is 2.32. The molecule has 2 fully saturated rings. The van der Waals surface area contributed by atoms with Crippen LogP contribution >= 0.6 is 22.6 Å². The Morgan fingerprint density at radius 1 is 1.34 bits per heavy atom. The summed E-state index contributed by atoms with van der Waals surface area (Å²) in [5, 5.41) is 4.88. The van der Waals surface area contributed by atoms with Gasteiger partial charge in [-0.15, -0.1) is 0 Å². The van der Waals surface area contributed by atoms with E-state index in [4.69, 9.17) is 9.84 Å². The van der Waals surface area contributed by atoms with Crippen LogP contribution in [0.3, 0.4) is 0 Å². The van der Waals surface area contributed by atoms with E-state index in [1.165, 1.54) is 0 Å². The number of unbranched alkanes of at least 4 members (excludes halogenated alkanes) is 1. The van der Waals surface area contributed by atoms with Gasteiger partial charge in [-0.3, -0.25) is 9.48 Å². The van der Waals surface area contributed by atoms with Crippen molar-refractivity contribution in [2.45, 2.75) is 45.6 Å². The Balaban J connectivity index is 1.42. The van der Waals surface area contributed by atoms with E-state index < -0.39 is 0 Å². The number of ether oxygens (including phenoxy) is 1. The van der Waals surface area contributed by atoms with E-state index in [0.717, 1.165) is 59.4 Å². The smallest absolute Gasteiger partial charge is 0.409 e. The van der Waals surface area contributed by atoms with Gasteiger partial charge < -0.3 is 14.2 Å². The van der Waals surface area contributed by atoms with Gasteiger partial charge in [-0.1, -0.05) is 19.4 Å². The lowest BCUT2D eigenvalue weighted by atomic mass is 9.61. The molecule has 0 atom stereocenters. The summed E-state index contributed by atoms with van der Waals surface area (Å²) in [5.41, 5.74) is 3.01. The average molecular weight is 510 g/mol. The van der Waals surface area contributed by atoms with Crippen molar-refractivity contribution in [2.24, 2.45) is 12.5 Å². The molecule has 0 N–H and O–H groups in total. The second-order valence-electron chi connectivity index (χ2n) is 8.39. The van der Waals surface area contributed by atoms with Crippen LogP contribution in [0, 0.1) is 15.9 Å². The highest BCUT2D eigenvalue weighted by atomic mass is 127. The summed E-state index contributed by atoms with van der Waals surface area (Å²) in [6, 6.07) is 5.62. The lowest BCUT2D eigenvalue weighted by molar-refractivity contribution is -0.0825. The fraction of sp³-hybridized carbons (Fsp3) is 0.571. The molecular weight excluding hydrogens is 483 g/mol. The fourth-order valence-corrected chi connectivity index (χ4v) is 5.11. The Morgan fingerprint density at radius 2 is 2.07 bits per heavy atom. The van der Waals surface area contributed by atoms with Crippen LogP contribution in [0.5, 0.6) is 0 Å². The highest BCUT2D eigenvalue weighted by molar-refractivity contribution is 14.1. The number of likely N-dealkylation sites (tertiary alicyclic amines) is 1. The molecule has 8 heteroatoms. The summed E-state index contributed by atoms with van der Waals surface area (Å²) in [4.78, 5) is 25.9. The molecule has 1 saturated heterocycles. The Bertz CT molecular complexity index is 982. The Labute approximate surface area is 184 Å². The zero-order valence-electron chi connectivity index (χ0n) is 17.2. The van der Waals surface area contributed by atoms with Gasteiger partial charge >= 0.3 is 6.09 Å². The first-order valence-electron chi connectivity index (χ1n) is 10.2. The number of carbonyl (C=O) groups excluding carboxylic acids is 1. The van der Waals surface area contributed by atoms with Gasteiger partial charge in [-0.05, 0) is 54.8 Å². The van der Waals surface area contributed by atoms with Gasteiger partial charge in [-0.25, -0.2) is 4.79 Å². The maximum Gasteiger partial charge on any atom is 0.409 e. The predicted octanol–water partition coefficient (Wildman–Crippen LogP) is 3.74. The van der Waals surface area contributed by atoms with Crippen molar-refractivity contribution >= 4 is 28.7 Å². The largest absolute Gasteiger partial charge is 0.449 e. The molecule has 0 aromatic carbocycles. The second kappa shape index (κ2) is 7.77. The zero-order chi connectivity index (χ0) is 20.8. The monoisotopic (exact) mass is 510 g/mol. The van der Waals surface area contributed by atoms with E-state index in [1.807, 2.05) is 11.0 Å². The Hall–Kier alpha value is -1.84. The third-order valence-electron chi connectivity index (χ3n) is 6.22. The molecule has 0 radical (unpaired) electrons. The van der Waals surface area contributed by atoms with E-state index >= 15 is 0 Å². The van der Waals surface area contributed by atoms with Crippen LogP contribution in [-0.4, -0.2) is 45.0 Å². The summed E-state index contributed by atoms with van der Waals surface area (Å²) in [6.45, 7) is 6.25. The van der Waals surface area contributed by atoms with Crippen LogP contribution < -0.4 is 5.56 Å². The van der Waals surface area contributed by atoms with Crippen molar-refractivity contribution in [3.05, 3.63) is 37.8 Å². The van der Waals surface area contributed by atoms with Crippen molar-refractivity contribution in [3.63, 3.8) is 0 Å². The number of rotatable bonds is 5. The highest BCUT2D eigenvalue weighted by Crippen LogP contribution is 2.54. The van der Waals surface area contributed by atoms with Crippen LogP contribution in [0.25, 0.3) is 11.4 Å². The van der Waals surface area contributed by atoms with Gasteiger partial charge in [0.25, 0.3) is 5.56 Å². The molecule has 7 nitrogen and oxygen atoms in total. The van der Waals surface area contributed by atoms with Gasteiger partial charge in [0.2, 0.25) is 0 Å². The summed E-state index contributed by atoms with van der Waals surface area (Å²) < 4.78 is 10.1. The minimum Gasteiger partial charge on any atom is -0.449 e. The molecule has 1 amide bonds. The van der Waals surface area contributed by atoms with Crippen molar-refractivity contribution in [2.75, 3.05) is 19.7 Å². The third-order valence-corrected chi connectivity index (χ3v) is 7.51. The number of hydrogen-bond donors (Lipinski definition) is 0. The second-order valence-corrected chi connectivity index (χ2v) is 9.47. The van der Waals surface area contributed by atoms with Crippen molar-refractivity contribution in [1.82, 2.24) is 19.2 Å². The van der Waals surface area contributed by atoms with Gasteiger partial charge in [0.1, 0.15) is 5.69 Å². The number of hydrogen-bond acceptors (Lipinski definition) is 4. The molecule has 156 valence electrons. The number of halogens is 1. The number of aromatic nitrogens is 3. The van der Waals surface area contributed by atoms with Gasteiger partial charge in [0, 0.05) is 37.3 Å². The summed E-state index contributed by atoms with van der Waals surface area (Å²) in [5.74, 6) is 0. The fourth-order valence-electron chi connectivity index (χ4n) is 4.48. The maximum atomic E-state index is 12.1. The molecule has 0 bridgehead atoms. The lowest BCUT2D eigenvalue weighted by Crippen LogP contribution is -2.64. The van der Waals surface area contributed by atoms with Crippen molar-refractivity contribution in [3.8, 4) is 11.4 Å². The first kappa shape index (κ1) is 20.4. The molecule has 1 saturated carbocycles. The quantitative estimate of drug-likeness (QED) is 0.454. The van der Waals surface area contributed by atoms with Gasteiger partial charge in [0.15, 0.2) is 0 Å². The highest BCUT2D eigenvalue weighted by Gasteiger charge is 2.55. The minimum atomic E-state index is -0.176. The van der Waals surface area contributed by atoms with E-state index in [-0.39, 0.29) is 17.1 Å². The summed E-state index contributed by atoms with van der Waals surface area (Å²) in [6.07, 6.45) is 3.82.